The Labute approximate surface area is 144 Å². The number of carboxylic acid groups (broad SMARTS) is 1. The number of aliphatic carboxylic acids is 1. The molecule has 0 radical (unpaired) electrons. The summed E-state index contributed by atoms with van der Waals surface area (Å²) in [7, 11) is 0. The van der Waals surface area contributed by atoms with Gasteiger partial charge in [-0.2, -0.15) is 0 Å². The lowest BCUT2D eigenvalue weighted by Crippen LogP contribution is -2.21. The lowest BCUT2D eigenvalue weighted by molar-refractivity contribution is -0.145. The fourth-order valence-corrected chi connectivity index (χ4v) is 3.14. The molecule has 1 unspecified atom stereocenters. The standard InChI is InChI=1S/C19H19NO5/c21-11-12-25-18(22)10-9-17(19(23)24)20-15-7-3-1-5-13(15)14-6-2-4-8-16(14)20/h1-8,17,21H,9-12H2,(H,23,24). The lowest BCUT2D eigenvalue weighted by atomic mass is 10.1. The molecule has 0 aliphatic carbocycles. The van der Waals surface area contributed by atoms with Gasteiger partial charge in [0, 0.05) is 28.2 Å². The van der Waals surface area contributed by atoms with Crippen molar-refractivity contribution in [3.63, 3.8) is 0 Å². The molecule has 0 aliphatic heterocycles. The number of fused-ring (bicyclic) bond motifs is 3. The molecule has 1 aromatic heterocycles. The van der Waals surface area contributed by atoms with Crippen molar-refractivity contribution in [3.05, 3.63) is 48.5 Å². The van der Waals surface area contributed by atoms with Crippen LogP contribution in [0.2, 0.25) is 0 Å². The van der Waals surface area contributed by atoms with Crippen LogP contribution in [0.3, 0.4) is 0 Å². The molecule has 6 heteroatoms. The molecule has 0 amide bonds. The summed E-state index contributed by atoms with van der Waals surface area (Å²) < 4.78 is 6.59. The van der Waals surface area contributed by atoms with Gasteiger partial charge >= 0.3 is 11.9 Å². The quantitative estimate of drug-likeness (QED) is 0.645. The highest BCUT2D eigenvalue weighted by molar-refractivity contribution is 6.08. The predicted octanol–water partition coefficient (Wildman–Crippen LogP) is 2.74. The van der Waals surface area contributed by atoms with E-state index in [1.165, 1.54) is 0 Å². The maximum absolute atomic E-state index is 11.9. The molecule has 3 aromatic rings. The van der Waals surface area contributed by atoms with Gasteiger partial charge in [-0.05, 0) is 18.6 Å². The Kier molecular flexibility index (Phi) is 5.00. The first-order valence-corrected chi connectivity index (χ1v) is 8.10. The number of nitrogens with zero attached hydrogens (tertiary/aromatic N) is 1. The van der Waals surface area contributed by atoms with Crippen molar-refractivity contribution in [1.29, 1.82) is 0 Å². The Balaban J connectivity index is 2.01. The van der Waals surface area contributed by atoms with E-state index >= 15 is 0 Å². The van der Waals surface area contributed by atoms with Crippen LogP contribution >= 0.6 is 0 Å². The molecule has 1 atom stereocenters. The average molecular weight is 341 g/mol. The Hall–Kier alpha value is -2.86. The van der Waals surface area contributed by atoms with E-state index in [4.69, 9.17) is 9.84 Å². The van der Waals surface area contributed by atoms with Crippen molar-refractivity contribution in [2.75, 3.05) is 13.2 Å². The number of carboxylic acids is 1. The van der Waals surface area contributed by atoms with Gasteiger partial charge in [-0.3, -0.25) is 4.79 Å². The number of carbonyl (C=O) groups is 2. The molecule has 25 heavy (non-hydrogen) atoms. The molecule has 0 aliphatic rings. The number of rotatable bonds is 7. The Bertz CT molecular complexity index is 861. The maximum Gasteiger partial charge on any atom is 0.326 e. The van der Waals surface area contributed by atoms with Crippen molar-refractivity contribution < 1.29 is 24.5 Å². The Morgan fingerprint density at radius 3 is 2.08 bits per heavy atom. The molecular formula is C19H19NO5. The van der Waals surface area contributed by atoms with Crippen molar-refractivity contribution in [2.45, 2.75) is 18.9 Å². The Morgan fingerprint density at radius 2 is 1.56 bits per heavy atom. The normalized spacial score (nSPS) is 12.4. The fourth-order valence-electron chi connectivity index (χ4n) is 3.14. The predicted molar refractivity (Wildman–Crippen MR) is 93.4 cm³/mol. The summed E-state index contributed by atoms with van der Waals surface area (Å²) in [4.78, 5) is 23.6. The minimum Gasteiger partial charge on any atom is -0.480 e. The van der Waals surface area contributed by atoms with Crippen molar-refractivity contribution in [2.24, 2.45) is 0 Å². The smallest absolute Gasteiger partial charge is 0.326 e. The SMILES string of the molecule is O=C(CCC(C(=O)O)n1c2ccccc2c2ccccc21)OCCO. The zero-order valence-corrected chi connectivity index (χ0v) is 13.6. The largest absolute Gasteiger partial charge is 0.480 e. The molecule has 2 aromatic carbocycles. The van der Waals surface area contributed by atoms with Crippen LogP contribution in [0, 0.1) is 0 Å². The van der Waals surface area contributed by atoms with E-state index in [0.29, 0.717) is 0 Å². The average Bonchev–Trinajstić information content (AvgIpc) is 2.95. The molecule has 6 nitrogen and oxygen atoms in total. The second kappa shape index (κ2) is 7.36. The number of hydrogen-bond donors (Lipinski definition) is 2. The summed E-state index contributed by atoms with van der Waals surface area (Å²) in [6.45, 7) is -0.326. The van der Waals surface area contributed by atoms with Gasteiger partial charge in [0.2, 0.25) is 0 Å². The van der Waals surface area contributed by atoms with Crippen LogP contribution in [0.15, 0.2) is 48.5 Å². The highest BCUT2D eigenvalue weighted by Gasteiger charge is 2.25. The summed E-state index contributed by atoms with van der Waals surface area (Å²) in [6, 6.07) is 14.4. The topological polar surface area (TPSA) is 88.8 Å². The van der Waals surface area contributed by atoms with Crippen LogP contribution in [-0.4, -0.2) is 39.9 Å². The van der Waals surface area contributed by atoms with E-state index in [2.05, 4.69) is 0 Å². The molecule has 2 N–H and O–H groups in total. The number of esters is 1. The molecule has 0 spiro atoms. The first-order chi connectivity index (χ1) is 12.1. The second-order valence-electron chi connectivity index (χ2n) is 5.74. The van der Waals surface area contributed by atoms with E-state index in [-0.39, 0.29) is 26.1 Å². The summed E-state index contributed by atoms with van der Waals surface area (Å²) in [6.07, 6.45) is 0.0834. The first-order valence-electron chi connectivity index (χ1n) is 8.10. The summed E-state index contributed by atoms with van der Waals surface area (Å²) in [5, 5.41) is 20.4. The van der Waals surface area contributed by atoms with Crippen LogP contribution in [0.1, 0.15) is 18.9 Å². The van der Waals surface area contributed by atoms with E-state index in [9.17, 15) is 14.7 Å². The van der Waals surface area contributed by atoms with Gasteiger partial charge in [0.25, 0.3) is 0 Å². The second-order valence-corrected chi connectivity index (χ2v) is 5.74. The molecule has 130 valence electrons. The molecule has 3 rings (SSSR count). The van der Waals surface area contributed by atoms with Crippen LogP contribution < -0.4 is 0 Å². The number of para-hydroxylation sites is 2. The van der Waals surface area contributed by atoms with Crippen LogP contribution in [-0.2, 0) is 14.3 Å². The third-order valence-corrected chi connectivity index (χ3v) is 4.19. The van der Waals surface area contributed by atoms with E-state index in [1.54, 1.807) is 4.57 Å². The highest BCUT2D eigenvalue weighted by atomic mass is 16.5. The van der Waals surface area contributed by atoms with E-state index in [1.807, 2.05) is 48.5 Å². The summed E-state index contributed by atoms with van der Waals surface area (Å²) in [5.74, 6) is -1.51. The van der Waals surface area contributed by atoms with Crippen molar-refractivity contribution in [3.8, 4) is 0 Å². The van der Waals surface area contributed by atoms with Gasteiger partial charge in [0.15, 0.2) is 0 Å². The van der Waals surface area contributed by atoms with Crippen LogP contribution in [0.25, 0.3) is 21.8 Å². The zero-order chi connectivity index (χ0) is 17.8. The highest BCUT2D eigenvalue weighted by Crippen LogP contribution is 2.33. The van der Waals surface area contributed by atoms with Gasteiger partial charge in [0.05, 0.1) is 6.61 Å². The van der Waals surface area contributed by atoms with Gasteiger partial charge in [-0.25, -0.2) is 4.79 Å². The monoisotopic (exact) mass is 341 g/mol. The van der Waals surface area contributed by atoms with Gasteiger partial charge < -0.3 is 19.5 Å². The molecule has 0 bridgehead atoms. The number of aliphatic hydroxyl groups is 1. The van der Waals surface area contributed by atoms with Crippen LogP contribution in [0.5, 0.6) is 0 Å². The molecule has 0 fully saturated rings. The minimum atomic E-state index is -0.999. The summed E-state index contributed by atoms with van der Waals surface area (Å²) >= 11 is 0. The molecule has 0 saturated carbocycles. The lowest BCUT2D eigenvalue weighted by Gasteiger charge is -2.17. The minimum absolute atomic E-state index is 0.0300. The van der Waals surface area contributed by atoms with Gasteiger partial charge in [-0.1, -0.05) is 36.4 Å². The number of aliphatic hydroxyl groups excluding tert-OH is 1. The zero-order valence-electron chi connectivity index (χ0n) is 13.6. The molecule has 0 saturated heterocycles. The maximum atomic E-state index is 11.9. The number of hydrogen-bond acceptors (Lipinski definition) is 4. The summed E-state index contributed by atoms with van der Waals surface area (Å²) in [5.41, 5.74) is 1.64. The fraction of sp³-hybridized carbons (Fsp3) is 0.263. The first kappa shape index (κ1) is 17.0. The third kappa shape index (κ3) is 3.34. The number of carbonyl (C=O) groups excluding carboxylic acids is 1. The van der Waals surface area contributed by atoms with Crippen molar-refractivity contribution >= 4 is 33.7 Å². The van der Waals surface area contributed by atoms with E-state index in [0.717, 1.165) is 21.8 Å². The number of aromatic nitrogens is 1. The molecule has 1 heterocycles. The van der Waals surface area contributed by atoms with Crippen molar-refractivity contribution in [1.82, 2.24) is 4.57 Å². The third-order valence-electron chi connectivity index (χ3n) is 4.19. The Morgan fingerprint density at radius 1 is 1.00 bits per heavy atom. The van der Waals surface area contributed by atoms with Gasteiger partial charge in [0.1, 0.15) is 12.6 Å². The van der Waals surface area contributed by atoms with Crippen LogP contribution in [0.4, 0.5) is 0 Å². The van der Waals surface area contributed by atoms with E-state index < -0.39 is 18.0 Å². The number of ether oxygens (including phenoxy) is 1. The molecular weight excluding hydrogens is 322 g/mol. The van der Waals surface area contributed by atoms with Gasteiger partial charge in [-0.15, -0.1) is 0 Å². The number of benzene rings is 2.